The van der Waals surface area contributed by atoms with E-state index in [9.17, 15) is 8.42 Å². The summed E-state index contributed by atoms with van der Waals surface area (Å²) >= 11 is 7.69. The molecule has 0 radical (unpaired) electrons. The Morgan fingerprint density at radius 2 is 1.97 bits per heavy atom. The number of benzene rings is 2. The Kier molecular flexibility index (Phi) is 5.66. The predicted molar refractivity (Wildman–Crippen MR) is 116 cm³/mol. The molecule has 0 unspecified atom stereocenters. The number of nitrogens with zero attached hydrogens (tertiary/aromatic N) is 2. The molecule has 1 aliphatic heterocycles. The molecule has 4 rings (SSSR count). The molecule has 0 saturated carbocycles. The summed E-state index contributed by atoms with van der Waals surface area (Å²) in [7, 11) is -3.61. The summed E-state index contributed by atoms with van der Waals surface area (Å²) in [6.07, 6.45) is 0.599. The minimum Gasteiger partial charge on any atom is -0.494 e. The van der Waals surface area contributed by atoms with Gasteiger partial charge >= 0.3 is 0 Å². The van der Waals surface area contributed by atoms with Gasteiger partial charge in [-0.3, -0.25) is 0 Å². The molecule has 0 atom stereocenters. The second-order valence-electron chi connectivity index (χ2n) is 6.80. The Morgan fingerprint density at radius 3 is 2.69 bits per heavy atom. The van der Waals surface area contributed by atoms with Crippen LogP contribution in [0.3, 0.4) is 0 Å². The van der Waals surface area contributed by atoms with Crippen LogP contribution in [0.15, 0.2) is 47.4 Å². The zero-order chi connectivity index (χ0) is 20.6. The van der Waals surface area contributed by atoms with E-state index in [0.717, 1.165) is 26.9 Å². The summed E-state index contributed by atoms with van der Waals surface area (Å²) in [5, 5.41) is 1.36. The zero-order valence-electron chi connectivity index (χ0n) is 16.2. The van der Waals surface area contributed by atoms with Gasteiger partial charge in [0, 0.05) is 28.4 Å². The lowest BCUT2D eigenvalue weighted by atomic mass is 10.2. The monoisotopic (exact) mass is 448 g/mol. The van der Waals surface area contributed by atoms with E-state index in [2.05, 4.69) is 0 Å². The number of thiazole rings is 1. The van der Waals surface area contributed by atoms with Crippen LogP contribution in [0.1, 0.15) is 23.1 Å². The third kappa shape index (κ3) is 3.92. The Hall–Kier alpha value is -1.93. The van der Waals surface area contributed by atoms with Gasteiger partial charge in [-0.05, 0) is 55.8 Å². The quantitative estimate of drug-likeness (QED) is 0.556. The van der Waals surface area contributed by atoms with Crippen LogP contribution in [-0.2, 0) is 23.0 Å². The van der Waals surface area contributed by atoms with E-state index >= 15 is 0 Å². The highest BCUT2D eigenvalue weighted by molar-refractivity contribution is 7.89. The number of sulfonamides is 1. The van der Waals surface area contributed by atoms with Crippen molar-refractivity contribution in [1.29, 1.82) is 0 Å². The van der Waals surface area contributed by atoms with Crippen molar-refractivity contribution in [3.63, 3.8) is 0 Å². The highest BCUT2D eigenvalue weighted by atomic mass is 35.5. The third-order valence-corrected chi connectivity index (χ3v) is 8.47. The first-order chi connectivity index (χ1) is 13.9. The molecule has 152 valence electrons. The third-order valence-electron chi connectivity index (χ3n) is 4.94. The Morgan fingerprint density at radius 1 is 1.21 bits per heavy atom. The summed E-state index contributed by atoms with van der Waals surface area (Å²) < 4.78 is 33.4. The number of fused-ring (bicyclic) bond motifs is 1. The summed E-state index contributed by atoms with van der Waals surface area (Å²) in [4.78, 5) is 6.01. The maximum Gasteiger partial charge on any atom is 0.243 e. The lowest BCUT2D eigenvalue weighted by Gasteiger charge is -2.26. The fraction of sp³-hybridized carbons (Fsp3) is 0.286. The summed E-state index contributed by atoms with van der Waals surface area (Å²) in [6.45, 7) is 5.06. The molecule has 2 aromatic carbocycles. The van der Waals surface area contributed by atoms with Crippen LogP contribution < -0.4 is 4.74 Å². The molecule has 0 aliphatic carbocycles. The van der Waals surface area contributed by atoms with E-state index in [1.807, 2.05) is 31.2 Å². The summed E-state index contributed by atoms with van der Waals surface area (Å²) in [6, 6.07) is 12.8. The van der Waals surface area contributed by atoms with Gasteiger partial charge in [-0.15, -0.1) is 11.3 Å². The second kappa shape index (κ2) is 8.07. The van der Waals surface area contributed by atoms with E-state index in [1.165, 1.54) is 4.31 Å². The fourth-order valence-corrected chi connectivity index (χ4v) is 6.46. The van der Waals surface area contributed by atoms with Crippen LogP contribution in [0.2, 0.25) is 5.02 Å². The number of hydrogen-bond acceptors (Lipinski definition) is 5. The molecular formula is C21H21ClN2O3S2. The van der Waals surface area contributed by atoms with Gasteiger partial charge in [-0.2, -0.15) is 4.31 Å². The molecule has 0 fully saturated rings. The average molecular weight is 449 g/mol. The van der Waals surface area contributed by atoms with Crippen LogP contribution >= 0.6 is 22.9 Å². The molecular weight excluding hydrogens is 428 g/mol. The number of ether oxygens (including phenoxy) is 1. The van der Waals surface area contributed by atoms with Gasteiger partial charge in [0.15, 0.2) is 0 Å². The molecule has 0 amide bonds. The van der Waals surface area contributed by atoms with Gasteiger partial charge in [-0.1, -0.05) is 17.7 Å². The van der Waals surface area contributed by atoms with Crippen molar-refractivity contribution in [2.45, 2.75) is 31.7 Å². The lowest BCUT2D eigenvalue weighted by Crippen LogP contribution is -2.35. The number of rotatable bonds is 5. The summed E-state index contributed by atoms with van der Waals surface area (Å²) in [5.74, 6) is 0.826. The van der Waals surface area contributed by atoms with Crippen molar-refractivity contribution in [3.8, 4) is 16.3 Å². The van der Waals surface area contributed by atoms with E-state index in [1.54, 1.807) is 36.5 Å². The first kappa shape index (κ1) is 20.3. The van der Waals surface area contributed by atoms with Crippen LogP contribution in [0.25, 0.3) is 10.6 Å². The maximum absolute atomic E-state index is 13.2. The second-order valence-corrected chi connectivity index (χ2v) is 10.2. The fourth-order valence-electron chi connectivity index (χ4n) is 3.37. The van der Waals surface area contributed by atoms with Crippen molar-refractivity contribution in [2.24, 2.45) is 0 Å². The molecule has 0 N–H and O–H groups in total. The van der Waals surface area contributed by atoms with Crippen molar-refractivity contribution >= 4 is 33.0 Å². The van der Waals surface area contributed by atoms with Crippen molar-refractivity contribution < 1.29 is 13.2 Å². The molecule has 0 saturated heterocycles. The largest absolute Gasteiger partial charge is 0.494 e. The van der Waals surface area contributed by atoms with Gasteiger partial charge in [0.05, 0.1) is 23.7 Å². The smallest absolute Gasteiger partial charge is 0.243 e. The van der Waals surface area contributed by atoms with E-state index in [-0.39, 0.29) is 4.90 Å². The highest BCUT2D eigenvalue weighted by Crippen LogP contribution is 2.35. The van der Waals surface area contributed by atoms with Crippen molar-refractivity contribution in [3.05, 3.63) is 63.6 Å². The van der Waals surface area contributed by atoms with Crippen molar-refractivity contribution in [1.82, 2.24) is 9.29 Å². The predicted octanol–water partition coefficient (Wildman–Crippen LogP) is 4.92. The summed E-state index contributed by atoms with van der Waals surface area (Å²) in [5.41, 5.74) is 2.57. The molecule has 3 aromatic rings. The highest BCUT2D eigenvalue weighted by Gasteiger charge is 2.31. The van der Waals surface area contributed by atoms with Gasteiger partial charge < -0.3 is 4.74 Å². The van der Waals surface area contributed by atoms with Gasteiger partial charge in [0.2, 0.25) is 10.0 Å². The maximum atomic E-state index is 13.2. The number of halogens is 1. The molecule has 1 aliphatic rings. The Balaban J connectivity index is 1.60. The van der Waals surface area contributed by atoms with Crippen LogP contribution in [0, 0.1) is 6.92 Å². The molecule has 0 spiro atoms. The van der Waals surface area contributed by atoms with Crippen molar-refractivity contribution in [2.75, 3.05) is 13.2 Å². The molecule has 1 aromatic heterocycles. The molecule has 29 heavy (non-hydrogen) atoms. The molecule has 0 bridgehead atoms. The SMILES string of the molecule is CCOc1ccc(-c2nc3c(s2)CN(S(=O)(=O)c2cccc(Cl)c2C)CC3)cc1. The standard InChI is InChI=1S/C21H21ClN2O3S2/c1-3-27-16-9-7-15(8-10-16)21-23-18-11-12-24(13-19(18)28-21)29(25,26)20-6-4-5-17(22)14(20)2/h4-10H,3,11-13H2,1-2H3. The van der Waals surface area contributed by atoms with Crippen LogP contribution in [0.5, 0.6) is 5.75 Å². The number of hydrogen-bond donors (Lipinski definition) is 0. The topological polar surface area (TPSA) is 59.5 Å². The molecule has 5 nitrogen and oxygen atoms in total. The average Bonchev–Trinajstić information content (AvgIpc) is 3.14. The molecule has 8 heteroatoms. The van der Waals surface area contributed by atoms with Gasteiger partial charge in [0.25, 0.3) is 0 Å². The van der Waals surface area contributed by atoms with Crippen LogP contribution in [0.4, 0.5) is 0 Å². The Labute approximate surface area is 180 Å². The van der Waals surface area contributed by atoms with E-state index in [4.69, 9.17) is 21.3 Å². The normalized spacial score (nSPS) is 14.6. The minimum atomic E-state index is -3.61. The molecule has 2 heterocycles. The van der Waals surface area contributed by atoms with Crippen LogP contribution in [-0.4, -0.2) is 30.9 Å². The minimum absolute atomic E-state index is 0.268. The first-order valence-electron chi connectivity index (χ1n) is 9.37. The Bertz CT molecular complexity index is 1140. The van der Waals surface area contributed by atoms with E-state index < -0.39 is 10.0 Å². The van der Waals surface area contributed by atoms with Gasteiger partial charge in [-0.25, -0.2) is 13.4 Å². The van der Waals surface area contributed by atoms with E-state index in [0.29, 0.717) is 36.7 Å². The first-order valence-corrected chi connectivity index (χ1v) is 12.0. The zero-order valence-corrected chi connectivity index (χ0v) is 18.6. The lowest BCUT2D eigenvalue weighted by molar-refractivity contribution is 0.340. The van der Waals surface area contributed by atoms with Gasteiger partial charge in [0.1, 0.15) is 10.8 Å². The number of aromatic nitrogens is 1.